The largest absolute Gasteiger partial charge is 0.309 e. The van der Waals surface area contributed by atoms with E-state index in [2.05, 4.69) is 482 Å². The minimum absolute atomic E-state index is 0.966. The van der Waals surface area contributed by atoms with Gasteiger partial charge in [0, 0.05) is 198 Å². The predicted octanol–water partition coefficient (Wildman–Crippen LogP) is 34.7. The van der Waals surface area contributed by atoms with Crippen LogP contribution in [0.2, 0.25) is 0 Å². The smallest absolute Gasteiger partial charge is 0.145 e. The monoisotopic (exact) mass is 1870 g/mol. The minimum atomic E-state index is 0.966. The summed E-state index contributed by atoms with van der Waals surface area (Å²) in [5, 5.41) is 37.9. The first kappa shape index (κ1) is 78.8. The predicted molar refractivity (Wildman–Crippen MR) is 615 cm³/mol. The number of fused-ring (bicyclic) bond motifs is 45. The van der Waals surface area contributed by atoms with E-state index in [-0.39, 0.29) is 0 Å². The summed E-state index contributed by atoms with van der Waals surface area (Å²) in [6.45, 7) is 0. The minimum Gasteiger partial charge on any atom is -0.309 e. The highest BCUT2D eigenvalue weighted by molar-refractivity contribution is 6.41. The fourth-order valence-corrected chi connectivity index (χ4v) is 26.6. The van der Waals surface area contributed by atoms with Crippen LogP contribution in [0.1, 0.15) is 0 Å². The van der Waals surface area contributed by atoms with Crippen molar-refractivity contribution in [3.05, 3.63) is 474 Å². The van der Waals surface area contributed by atoms with Crippen LogP contribution in [0.4, 0.5) is 0 Å². The lowest BCUT2D eigenvalue weighted by Crippen LogP contribution is -1.99. The van der Waals surface area contributed by atoms with Crippen molar-refractivity contribution in [2.24, 2.45) is 0 Å². The Morgan fingerprint density at radius 3 is 0.789 bits per heavy atom. The van der Waals surface area contributed by atoms with Gasteiger partial charge in [-0.2, -0.15) is 0 Å². The molecule has 0 saturated carbocycles. The quantitative estimate of drug-likeness (QED) is 0.166. The Kier molecular flexibility index (Phi) is 15.7. The zero-order chi connectivity index (χ0) is 95.4. The summed E-state index contributed by atoms with van der Waals surface area (Å²) in [6, 6.07) is 164. The molecule has 0 saturated heterocycles. The van der Waals surface area contributed by atoms with Crippen LogP contribution in [0.3, 0.4) is 0 Å². The Bertz CT molecular complexity index is 11500. The Labute approximate surface area is 835 Å². The van der Waals surface area contributed by atoms with Crippen molar-refractivity contribution in [3.8, 4) is 34.1 Å². The highest BCUT2D eigenvalue weighted by atomic mass is 15.1. The third kappa shape index (κ3) is 10.5. The molecule has 15 heterocycles. The van der Waals surface area contributed by atoms with Gasteiger partial charge in [-0.1, -0.05) is 279 Å². The third-order valence-electron chi connectivity index (χ3n) is 32.4. The topological polar surface area (TPSA) is 81.5 Å². The summed E-state index contributed by atoms with van der Waals surface area (Å²) in [5.41, 5.74) is 32.0. The number of hydrogen-bond donors (Lipinski definition) is 0. The van der Waals surface area contributed by atoms with E-state index in [0.29, 0.717) is 0 Å². The summed E-state index contributed by atoms with van der Waals surface area (Å²) < 4.78 is 21.9. The number of benzene rings is 21. The standard InChI is InChI=1S/3C45H26N4/c1-2-14-30-27(11-1)22-23-35-41-40(26-36-32-16-4-7-20-38(32)49-39-21-8-5-17-34(39)42(41)44(36)49)47(43(30)35)28-12-9-13-29(25-28)48-37-19-6-3-15-31(37)33-18-10-24-46-45(33)48;1-2-11-30-27(10-1)19-24-35-41-40(26-36-32-13-4-7-17-38(32)49-39-18-8-5-14-34(39)42(41)44(36)49)47(43(30)35)28-20-22-29(23-21-28)48-37-16-6-3-12-31(37)33-15-9-25-46-45(33)48;1-2-10-30-27(9-1)17-22-35-42-40(25-36-32-12-4-7-15-38(32)49-39-16-8-5-13-34(39)43(42)45(36)49)48(44(30)35)29-20-18-28(19-21-29)47-37-14-6-3-11-31(37)33-23-24-46-26-41(33)47/h3*1-26H. The molecule has 0 N–H and O–H groups in total. The molecule has 0 fully saturated rings. The maximum absolute atomic E-state index is 4.89. The van der Waals surface area contributed by atoms with E-state index in [0.717, 1.165) is 72.7 Å². The molecule has 0 spiro atoms. The van der Waals surface area contributed by atoms with Crippen LogP contribution in [-0.4, -0.2) is 55.6 Å². The summed E-state index contributed by atoms with van der Waals surface area (Å²) >= 11 is 0. The number of rotatable bonds is 6. The van der Waals surface area contributed by atoms with Crippen molar-refractivity contribution in [2.75, 3.05) is 0 Å². The molecule has 15 aromatic heterocycles. The molecule has 0 amide bonds. The molecule has 0 aliphatic carbocycles. The Morgan fingerprint density at radius 1 is 0.136 bits per heavy atom. The van der Waals surface area contributed by atoms with Gasteiger partial charge >= 0.3 is 0 Å². The molecule has 0 aliphatic heterocycles. The molecule has 0 aliphatic rings. The Balaban J connectivity index is 0.0000000945. The van der Waals surface area contributed by atoms with Gasteiger partial charge in [-0.3, -0.25) is 14.1 Å². The average molecular weight is 1870 g/mol. The number of aromatic nitrogens is 12. The first-order valence-corrected chi connectivity index (χ1v) is 50.4. The van der Waals surface area contributed by atoms with E-state index < -0.39 is 0 Å². The number of hydrogen-bond acceptors (Lipinski definition) is 3. The molecule has 21 aromatic carbocycles. The van der Waals surface area contributed by atoms with Gasteiger partial charge in [-0.15, -0.1) is 0 Å². The van der Waals surface area contributed by atoms with Gasteiger partial charge in [0.15, 0.2) is 0 Å². The van der Waals surface area contributed by atoms with Crippen LogP contribution in [0.15, 0.2) is 474 Å². The molecule has 12 heteroatoms. The summed E-state index contributed by atoms with van der Waals surface area (Å²) in [5.74, 6) is 0. The molecule has 0 radical (unpaired) electrons. The van der Waals surface area contributed by atoms with E-state index in [9.17, 15) is 0 Å². The van der Waals surface area contributed by atoms with Gasteiger partial charge in [0.05, 0.1) is 111 Å². The molecule has 36 aromatic rings. The summed E-state index contributed by atoms with van der Waals surface area (Å²) in [6.07, 6.45) is 7.64. The van der Waals surface area contributed by atoms with Gasteiger partial charge < -0.3 is 31.5 Å². The van der Waals surface area contributed by atoms with Crippen molar-refractivity contribution >= 4 is 278 Å². The fraction of sp³-hybridized carbons (Fsp3) is 0. The fourth-order valence-electron chi connectivity index (χ4n) is 26.6. The summed E-state index contributed by atoms with van der Waals surface area (Å²) in [4.78, 5) is 14.2. The first-order chi connectivity index (χ1) is 73.0. The zero-order valence-electron chi connectivity index (χ0n) is 78.9. The summed E-state index contributed by atoms with van der Waals surface area (Å²) in [7, 11) is 0. The highest BCUT2D eigenvalue weighted by Crippen LogP contribution is 2.54. The lowest BCUT2D eigenvalue weighted by Gasteiger charge is -2.13. The van der Waals surface area contributed by atoms with Crippen molar-refractivity contribution in [1.82, 2.24) is 55.6 Å². The average Bonchev–Trinajstić information content (AvgIpc) is 1.52. The SMILES string of the molecule is c1cc(-n2c3ccccc3c3cccnc32)cc(-n2c3cc4c5ccccc5n5c6ccccc6c(c3c3ccc6ccccc6c32)c45)c1.c1ccc2c(c1)ccc1c3c4c5ccccc5n5c6ccccc6c(cc3n(-c3ccc(-n6c7ccccc7c7cccnc76)cc3)c21)c45.c1ccc2c(c1)ccc1c3c4c5ccccc5n5c6ccccc6c(cc3n(-c3ccc(-n6c7ccccc7c7ccncc76)cc3)c21)c45. The highest BCUT2D eigenvalue weighted by Gasteiger charge is 2.32. The molecule has 0 bridgehead atoms. The molecule has 36 rings (SSSR count). The van der Waals surface area contributed by atoms with Crippen molar-refractivity contribution < 1.29 is 0 Å². The first-order valence-electron chi connectivity index (χ1n) is 50.4. The van der Waals surface area contributed by atoms with E-state index in [1.165, 1.54) is 239 Å². The molecule has 0 unspecified atom stereocenters. The number of pyridine rings is 3. The van der Waals surface area contributed by atoms with Gasteiger partial charge in [-0.25, -0.2) is 9.97 Å². The second-order valence-electron chi connectivity index (χ2n) is 39.5. The zero-order valence-corrected chi connectivity index (χ0v) is 78.9. The van der Waals surface area contributed by atoms with E-state index in [1.807, 2.05) is 36.9 Å². The Hall–Kier alpha value is -20.0. The van der Waals surface area contributed by atoms with E-state index >= 15 is 0 Å². The molecular weight excluding hydrogens is 1790 g/mol. The van der Waals surface area contributed by atoms with Crippen molar-refractivity contribution in [3.63, 3.8) is 0 Å². The maximum Gasteiger partial charge on any atom is 0.145 e. The van der Waals surface area contributed by atoms with E-state index in [1.54, 1.807) is 0 Å². The number of para-hydroxylation sites is 9. The van der Waals surface area contributed by atoms with Crippen LogP contribution in [0.25, 0.3) is 312 Å². The maximum atomic E-state index is 4.89. The van der Waals surface area contributed by atoms with Crippen LogP contribution in [-0.2, 0) is 0 Å². The lowest BCUT2D eigenvalue weighted by atomic mass is 10.0. The van der Waals surface area contributed by atoms with Crippen LogP contribution >= 0.6 is 0 Å². The van der Waals surface area contributed by atoms with Crippen LogP contribution < -0.4 is 0 Å². The normalized spacial score (nSPS) is 12.5. The van der Waals surface area contributed by atoms with Gasteiger partial charge in [0.25, 0.3) is 0 Å². The van der Waals surface area contributed by atoms with Crippen molar-refractivity contribution in [2.45, 2.75) is 0 Å². The molecule has 678 valence electrons. The second-order valence-corrected chi connectivity index (χ2v) is 39.5. The third-order valence-corrected chi connectivity index (χ3v) is 32.4. The molecular formula is C135H78N12. The number of nitrogens with zero attached hydrogens (tertiary/aromatic N) is 12. The van der Waals surface area contributed by atoms with Crippen LogP contribution in [0, 0.1) is 0 Å². The van der Waals surface area contributed by atoms with Gasteiger partial charge in [0.1, 0.15) is 11.3 Å². The Morgan fingerprint density at radius 2 is 0.408 bits per heavy atom. The van der Waals surface area contributed by atoms with Crippen LogP contribution in [0.5, 0.6) is 0 Å². The van der Waals surface area contributed by atoms with Crippen molar-refractivity contribution in [1.29, 1.82) is 0 Å². The van der Waals surface area contributed by atoms with Gasteiger partial charge in [0.2, 0.25) is 0 Å². The molecule has 12 nitrogen and oxygen atoms in total. The lowest BCUT2D eigenvalue weighted by molar-refractivity contribution is 1.11. The molecule has 0 atom stereocenters. The van der Waals surface area contributed by atoms with Gasteiger partial charge in [-0.05, 0) is 186 Å². The molecule has 147 heavy (non-hydrogen) atoms. The van der Waals surface area contributed by atoms with E-state index in [4.69, 9.17) is 9.97 Å². The second kappa shape index (κ2) is 29.4.